The zero-order chi connectivity index (χ0) is 6.95. The Bertz CT molecular complexity index is 44.3. The van der Waals surface area contributed by atoms with Crippen molar-refractivity contribution in [3.05, 3.63) is 0 Å². The van der Waals surface area contributed by atoms with E-state index in [2.05, 4.69) is 10.6 Å². The zero-order valence-corrected chi connectivity index (χ0v) is 5.94. The van der Waals surface area contributed by atoms with Crippen LogP contribution in [0.25, 0.3) is 0 Å². The molecule has 0 aromatic carbocycles. The molecule has 0 amide bonds. The molecule has 0 unspecified atom stereocenters. The summed E-state index contributed by atoms with van der Waals surface area (Å²) in [6.07, 6.45) is 0.740. The first-order valence-electron chi connectivity index (χ1n) is 3.35. The van der Waals surface area contributed by atoms with Gasteiger partial charge in [0.2, 0.25) is 0 Å². The summed E-state index contributed by atoms with van der Waals surface area (Å²) < 4.78 is 0. The summed E-state index contributed by atoms with van der Waals surface area (Å²) in [4.78, 5) is 0. The average molecular weight is 131 g/mol. The Hall–Kier alpha value is -0.120. The first-order chi connectivity index (χ1) is 4.41. The Morgan fingerprint density at radius 3 is 2.56 bits per heavy atom. The van der Waals surface area contributed by atoms with Crippen molar-refractivity contribution in [2.24, 2.45) is 0 Å². The van der Waals surface area contributed by atoms with Gasteiger partial charge in [-0.1, -0.05) is 0 Å². The molecule has 55 valence electrons. The van der Waals surface area contributed by atoms with Gasteiger partial charge in [-0.25, -0.2) is 5.11 Å². The molecule has 0 atom stereocenters. The van der Waals surface area contributed by atoms with E-state index in [4.69, 9.17) is 0 Å². The summed E-state index contributed by atoms with van der Waals surface area (Å²) in [5.74, 6) is 0. The van der Waals surface area contributed by atoms with E-state index in [1.165, 1.54) is 0 Å². The molecule has 0 aliphatic carbocycles. The Balaban J connectivity index is 2.60. The predicted octanol–water partition coefficient (Wildman–Crippen LogP) is -0.384. The third-order valence-electron chi connectivity index (χ3n) is 1.05. The van der Waals surface area contributed by atoms with Gasteiger partial charge in [-0.3, -0.25) is 0 Å². The number of nitrogens with one attached hydrogen (secondary N) is 2. The van der Waals surface area contributed by atoms with Gasteiger partial charge in [-0.15, -0.1) is 0 Å². The normalized spacial score (nSPS) is 10.0. The lowest BCUT2D eigenvalue weighted by Crippen LogP contribution is -2.25. The van der Waals surface area contributed by atoms with Crippen molar-refractivity contribution in [2.45, 2.75) is 6.42 Å². The quantitative estimate of drug-likeness (QED) is 0.482. The Labute approximate surface area is 56.5 Å². The largest absolute Gasteiger partial charge is 0.318 e. The maximum absolute atomic E-state index is 9.91. The third-order valence-corrected chi connectivity index (χ3v) is 1.05. The number of rotatable bonds is 6. The maximum atomic E-state index is 9.91. The first-order valence-corrected chi connectivity index (χ1v) is 3.35. The van der Waals surface area contributed by atoms with Crippen molar-refractivity contribution < 1.29 is 5.11 Å². The summed E-state index contributed by atoms with van der Waals surface area (Å²) in [5, 5.41) is 16.0. The molecule has 9 heavy (non-hydrogen) atoms. The summed E-state index contributed by atoms with van der Waals surface area (Å²) >= 11 is 0. The van der Waals surface area contributed by atoms with Crippen LogP contribution in [0.5, 0.6) is 0 Å². The lowest BCUT2D eigenvalue weighted by Gasteiger charge is -2.00. The van der Waals surface area contributed by atoms with Crippen LogP contribution in [0.4, 0.5) is 0 Å². The zero-order valence-electron chi connectivity index (χ0n) is 5.94. The fraction of sp³-hybridized carbons (Fsp3) is 1.00. The van der Waals surface area contributed by atoms with Gasteiger partial charge in [0.25, 0.3) is 0 Å². The molecule has 0 aromatic heterocycles. The average Bonchev–Trinajstić information content (AvgIpc) is 1.89. The predicted molar refractivity (Wildman–Crippen MR) is 37.0 cm³/mol. The van der Waals surface area contributed by atoms with Crippen LogP contribution in [0, 0.1) is 0 Å². The fourth-order valence-corrected chi connectivity index (χ4v) is 0.536. The van der Waals surface area contributed by atoms with Crippen molar-refractivity contribution >= 4 is 0 Å². The molecule has 3 heteroatoms. The molecule has 1 radical (unpaired) electrons. The SMILES string of the molecule is CNCCNCCC[O]. The van der Waals surface area contributed by atoms with E-state index in [-0.39, 0.29) is 6.61 Å². The highest BCUT2D eigenvalue weighted by Crippen LogP contribution is 1.70. The molecule has 3 nitrogen and oxygen atoms in total. The molecule has 0 bridgehead atoms. The molecule has 0 rings (SSSR count). The summed E-state index contributed by atoms with van der Waals surface area (Å²) in [5.41, 5.74) is 0. The minimum atomic E-state index is 0.0343. The minimum absolute atomic E-state index is 0.0343. The summed E-state index contributed by atoms with van der Waals surface area (Å²) in [6, 6.07) is 0. The van der Waals surface area contributed by atoms with Crippen molar-refractivity contribution in [1.82, 2.24) is 10.6 Å². The topological polar surface area (TPSA) is 44.0 Å². The van der Waals surface area contributed by atoms with Crippen LogP contribution in [-0.4, -0.2) is 33.3 Å². The standard InChI is InChI=1S/C6H15N2O/c1-7-4-5-8-3-2-6-9/h7-8H,2-6H2,1H3. The second-order valence-corrected chi connectivity index (χ2v) is 1.91. The van der Waals surface area contributed by atoms with Gasteiger partial charge in [-0.2, -0.15) is 0 Å². The maximum Gasteiger partial charge on any atom is 0.0834 e. The van der Waals surface area contributed by atoms with E-state index >= 15 is 0 Å². The first kappa shape index (κ1) is 8.88. The van der Waals surface area contributed by atoms with Crippen LogP contribution < -0.4 is 10.6 Å². The summed E-state index contributed by atoms with van der Waals surface area (Å²) in [7, 11) is 1.91. The van der Waals surface area contributed by atoms with E-state index < -0.39 is 0 Å². The van der Waals surface area contributed by atoms with Crippen LogP contribution in [0.2, 0.25) is 0 Å². The lowest BCUT2D eigenvalue weighted by atomic mass is 10.4. The number of hydrogen-bond acceptors (Lipinski definition) is 2. The van der Waals surface area contributed by atoms with E-state index in [1.54, 1.807) is 0 Å². The highest BCUT2D eigenvalue weighted by atomic mass is 16.3. The van der Waals surface area contributed by atoms with Crippen LogP contribution in [0.3, 0.4) is 0 Å². The molecule has 0 aromatic rings. The Kier molecular flexibility index (Phi) is 7.77. The monoisotopic (exact) mass is 131 g/mol. The third kappa shape index (κ3) is 7.88. The molecular formula is C6H15N2O. The van der Waals surface area contributed by atoms with Gasteiger partial charge in [0, 0.05) is 13.1 Å². The molecule has 0 saturated carbocycles. The molecule has 0 fully saturated rings. The molecule has 0 aliphatic rings. The van der Waals surface area contributed by atoms with E-state index in [9.17, 15) is 5.11 Å². The van der Waals surface area contributed by atoms with Gasteiger partial charge in [0.1, 0.15) is 0 Å². The second-order valence-electron chi connectivity index (χ2n) is 1.91. The van der Waals surface area contributed by atoms with E-state index in [0.717, 1.165) is 26.1 Å². The molecule has 0 aliphatic heterocycles. The van der Waals surface area contributed by atoms with Crippen LogP contribution in [0.15, 0.2) is 0 Å². The summed E-state index contributed by atoms with van der Waals surface area (Å²) in [6.45, 7) is 2.81. The Morgan fingerprint density at radius 2 is 2.00 bits per heavy atom. The van der Waals surface area contributed by atoms with Gasteiger partial charge in [0.05, 0.1) is 6.61 Å². The molecule has 0 spiro atoms. The Morgan fingerprint density at radius 1 is 1.22 bits per heavy atom. The molecular weight excluding hydrogens is 116 g/mol. The van der Waals surface area contributed by atoms with Crippen molar-refractivity contribution in [2.75, 3.05) is 33.3 Å². The van der Waals surface area contributed by atoms with Crippen LogP contribution in [-0.2, 0) is 5.11 Å². The van der Waals surface area contributed by atoms with Crippen LogP contribution in [0.1, 0.15) is 6.42 Å². The second kappa shape index (κ2) is 7.88. The van der Waals surface area contributed by atoms with Crippen molar-refractivity contribution in [3.8, 4) is 0 Å². The van der Waals surface area contributed by atoms with E-state index in [1.807, 2.05) is 7.05 Å². The number of hydrogen-bond donors (Lipinski definition) is 2. The lowest BCUT2D eigenvalue weighted by molar-refractivity contribution is 0.188. The molecule has 2 N–H and O–H groups in total. The highest BCUT2D eigenvalue weighted by Gasteiger charge is 1.83. The van der Waals surface area contributed by atoms with Gasteiger partial charge < -0.3 is 10.6 Å². The van der Waals surface area contributed by atoms with Crippen molar-refractivity contribution in [3.63, 3.8) is 0 Å². The van der Waals surface area contributed by atoms with Crippen molar-refractivity contribution in [1.29, 1.82) is 0 Å². The smallest absolute Gasteiger partial charge is 0.0834 e. The highest BCUT2D eigenvalue weighted by molar-refractivity contribution is 4.47. The minimum Gasteiger partial charge on any atom is -0.318 e. The van der Waals surface area contributed by atoms with Gasteiger partial charge in [-0.05, 0) is 20.0 Å². The van der Waals surface area contributed by atoms with E-state index in [0.29, 0.717) is 0 Å². The van der Waals surface area contributed by atoms with Crippen LogP contribution >= 0.6 is 0 Å². The van der Waals surface area contributed by atoms with Gasteiger partial charge >= 0.3 is 0 Å². The fourth-order valence-electron chi connectivity index (χ4n) is 0.536. The molecule has 0 saturated heterocycles. The number of likely N-dealkylation sites (N-methyl/N-ethyl adjacent to an activating group) is 1. The van der Waals surface area contributed by atoms with Gasteiger partial charge in [0.15, 0.2) is 0 Å². The molecule has 0 heterocycles.